The van der Waals surface area contributed by atoms with Crippen LogP contribution in [0.5, 0.6) is 0 Å². The number of hydrogen-bond donors (Lipinski definition) is 0. The highest BCUT2D eigenvalue weighted by Crippen LogP contribution is 2.32. The molecule has 1 aliphatic carbocycles. The average molecular weight is 386 g/mol. The van der Waals surface area contributed by atoms with Gasteiger partial charge in [0.25, 0.3) is 6.08 Å². The molecule has 0 radical (unpaired) electrons. The molecule has 0 unspecified atom stereocenters. The van der Waals surface area contributed by atoms with Crippen molar-refractivity contribution < 1.29 is 17.6 Å². The maximum atomic E-state index is 14.5. The zero-order valence-electron chi connectivity index (χ0n) is 15.6. The number of hydrogen-bond acceptors (Lipinski definition) is 0. The minimum atomic E-state index is -2.14. The second kappa shape index (κ2) is 9.10. The molecule has 0 saturated heterocycles. The van der Waals surface area contributed by atoms with Crippen LogP contribution in [0.1, 0.15) is 49.7 Å². The quantitative estimate of drug-likeness (QED) is 0.290. The lowest BCUT2D eigenvalue weighted by atomic mass is 9.80. The summed E-state index contributed by atoms with van der Waals surface area (Å²) in [6, 6.07) is 5.85. The van der Waals surface area contributed by atoms with Gasteiger partial charge >= 0.3 is 0 Å². The minimum absolute atomic E-state index is 0.0915. The Hall–Kier alpha value is -2.54. The molecule has 0 aliphatic heterocycles. The van der Waals surface area contributed by atoms with Gasteiger partial charge in [-0.05, 0) is 56.6 Å². The highest BCUT2D eigenvalue weighted by molar-refractivity contribution is 5.90. The van der Waals surface area contributed by atoms with Crippen molar-refractivity contribution in [1.29, 1.82) is 0 Å². The van der Waals surface area contributed by atoms with E-state index >= 15 is 0 Å². The van der Waals surface area contributed by atoms with Crippen LogP contribution in [0.15, 0.2) is 43.0 Å². The molecule has 0 nitrogen and oxygen atoms in total. The van der Waals surface area contributed by atoms with Crippen LogP contribution in [-0.4, -0.2) is 0 Å². The molecule has 0 N–H and O–H groups in total. The third-order valence-electron chi connectivity index (χ3n) is 5.40. The monoisotopic (exact) mass is 386 g/mol. The van der Waals surface area contributed by atoms with Crippen molar-refractivity contribution in [2.24, 2.45) is 11.8 Å². The first-order valence-electron chi connectivity index (χ1n) is 9.55. The normalized spacial score (nSPS) is 19.0. The van der Waals surface area contributed by atoms with E-state index in [4.69, 9.17) is 0 Å². The average Bonchev–Trinajstić information content (AvgIpc) is 2.68. The van der Waals surface area contributed by atoms with E-state index in [2.05, 4.69) is 18.4 Å². The molecule has 1 saturated carbocycles. The maximum Gasteiger partial charge on any atom is 0.271 e. The molecule has 0 spiro atoms. The van der Waals surface area contributed by atoms with Crippen molar-refractivity contribution in [3.8, 4) is 11.8 Å². The third-order valence-corrected chi connectivity index (χ3v) is 5.40. The number of allylic oxidation sites excluding steroid dienone is 1. The number of halogens is 4. The summed E-state index contributed by atoms with van der Waals surface area (Å²) in [5.74, 6) is 5.29. The van der Waals surface area contributed by atoms with Crippen LogP contribution < -0.4 is 0 Å². The molecular formula is C24H22F4. The molecule has 0 amide bonds. The van der Waals surface area contributed by atoms with Gasteiger partial charge in [0.05, 0.1) is 5.56 Å². The Morgan fingerprint density at radius 2 is 1.86 bits per heavy atom. The summed E-state index contributed by atoms with van der Waals surface area (Å²) < 4.78 is 53.7. The first-order valence-corrected chi connectivity index (χ1v) is 9.55. The molecular weight excluding hydrogens is 364 g/mol. The molecule has 4 heteroatoms. The van der Waals surface area contributed by atoms with Gasteiger partial charge in [0.1, 0.15) is 11.6 Å². The lowest BCUT2D eigenvalue weighted by molar-refractivity contribution is 0.303. The largest absolute Gasteiger partial charge is 0.271 e. The Bertz CT molecular complexity index is 950. The van der Waals surface area contributed by atoms with Gasteiger partial charge in [-0.2, -0.15) is 8.78 Å². The molecule has 1 fully saturated rings. The standard InChI is InChI=1S/C24H22F4/c1-2-3-5-16-8-10-17(11-9-16)12-13-18-6-4-7-19-20(18)14-22(25)21(24(19)28)15-23(26)27/h2,4,6-7,14-17H,1,3,5,8-11H2. The fourth-order valence-electron chi connectivity index (χ4n) is 3.85. The molecule has 0 atom stereocenters. The molecule has 146 valence electrons. The Morgan fingerprint density at radius 1 is 1.11 bits per heavy atom. The predicted octanol–water partition coefficient (Wildman–Crippen LogP) is 7.48. The minimum Gasteiger partial charge on any atom is -0.206 e. The first kappa shape index (κ1) is 20.2. The van der Waals surface area contributed by atoms with Crippen molar-refractivity contribution >= 4 is 16.8 Å². The van der Waals surface area contributed by atoms with Gasteiger partial charge in [-0.25, -0.2) is 8.78 Å². The summed E-state index contributed by atoms with van der Waals surface area (Å²) in [6.45, 7) is 3.76. The Morgan fingerprint density at radius 3 is 2.54 bits per heavy atom. The van der Waals surface area contributed by atoms with Crippen molar-refractivity contribution in [3.63, 3.8) is 0 Å². The Labute approximate surface area is 162 Å². The molecule has 0 heterocycles. The fraction of sp³-hybridized carbons (Fsp3) is 0.333. The summed E-state index contributed by atoms with van der Waals surface area (Å²) in [6.07, 6.45) is 6.55. The van der Waals surface area contributed by atoms with Crippen LogP contribution in [-0.2, 0) is 0 Å². The Kier molecular flexibility index (Phi) is 6.57. The zero-order valence-corrected chi connectivity index (χ0v) is 15.6. The summed E-state index contributed by atoms with van der Waals surface area (Å²) >= 11 is 0. The second-order valence-electron chi connectivity index (χ2n) is 7.27. The molecule has 3 rings (SSSR count). The van der Waals surface area contributed by atoms with Crippen LogP contribution in [0.3, 0.4) is 0 Å². The van der Waals surface area contributed by atoms with Crippen LogP contribution >= 0.6 is 0 Å². The highest BCUT2D eigenvalue weighted by Gasteiger charge is 2.19. The van der Waals surface area contributed by atoms with Gasteiger partial charge in [0, 0.05) is 28.3 Å². The molecule has 0 aromatic heterocycles. The molecule has 2 aromatic rings. The van der Waals surface area contributed by atoms with E-state index in [0.717, 1.165) is 44.1 Å². The topological polar surface area (TPSA) is 0 Å². The molecule has 1 aliphatic rings. The summed E-state index contributed by atoms with van der Waals surface area (Å²) in [5.41, 5.74) is -0.212. The lowest BCUT2D eigenvalue weighted by Gasteiger charge is -2.25. The predicted molar refractivity (Wildman–Crippen MR) is 106 cm³/mol. The van der Waals surface area contributed by atoms with Gasteiger partial charge in [0.15, 0.2) is 0 Å². The maximum absolute atomic E-state index is 14.5. The van der Waals surface area contributed by atoms with Crippen LogP contribution in [0.2, 0.25) is 0 Å². The van der Waals surface area contributed by atoms with Gasteiger partial charge < -0.3 is 0 Å². The summed E-state index contributed by atoms with van der Waals surface area (Å²) in [5, 5.41) is 0.398. The van der Waals surface area contributed by atoms with Crippen molar-refractivity contribution in [2.45, 2.75) is 38.5 Å². The van der Waals surface area contributed by atoms with E-state index in [0.29, 0.717) is 10.9 Å². The van der Waals surface area contributed by atoms with E-state index in [9.17, 15) is 17.6 Å². The van der Waals surface area contributed by atoms with Crippen LogP contribution in [0, 0.1) is 35.3 Å². The van der Waals surface area contributed by atoms with E-state index in [1.165, 1.54) is 12.5 Å². The summed E-state index contributed by atoms with van der Waals surface area (Å²) in [7, 11) is 0. The van der Waals surface area contributed by atoms with E-state index < -0.39 is 23.3 Å². The van der Waals surface area contributed by atoms with E-state index in [1.54, 1.807) is 12.1 Å². The van der Waals surface area contributed by atoms with Gasteiger partial charge in [-0.1, -0.05) is 30.0 Å². The zero-order chi connectivity index (χ0) is 20.1. The molecule has 0 bridgehead atoms. The van der Waals surface area contributed by atoms with Gasteiger partial charge in [-0.15, -0.1) is 6.58 Å². The van der Waals surface area contributed by atoms with Crippen molar-refractivity contribution in [2.75, 3.05) is 0 Å². The second-order valence-corrected chi connectivity index (χ2v) is 7.27. The molecule has 28 heavy (non-hydrogen) atoms. The SMILES string of the molecule is C=CCCC1CCC(C#Cc2cccc3c(F)c(C=C(F)F)c(F)cc23)CC1. The fourth-order valence-corrected chi connectivity index (χ4v) is 3.85. The lowest BCUT2D eigenvalue weighted by Crippen LogP contribution is -2.13. The van der Waals surface area contributed by atoms with Crippen molar-refractivity contribution in [1.82, 2.24) is 0 Å². The van der Waals surface area contributed by atoms with Crippen LogP contribution in [0.4, 0.5) is 17.6 Å². The van der Waals surface area contributed by atoms with Gasteiger partial charge in [-0.3, -0.25) is 0 Å². The third kappa shape index (κ3) is 4.65. The van der Waals surface area contributed by atoms with E-state index in [-0.39, 0.29) is 17.4 Å². The Balaban J connectivity index is 1.85. The van der Waals surface area contributed by atoms with Gasteiger partial charge in [0.2, 0.25) is 0 Å². The number of rotatable bonds is 4. The van der Waals surface area contributed by atoms with E-state index in [1.807, 2.05) is 6.08 Å². The number of benzene rings is 2. The highest BCUT2D eigenvalue weighted by atomic mass is 19.3. The first-order chi connectivity index (χ1) is 13.5. The summed E-state index contributed by atoms with van der Waals surface area (Å²) in [4.78, 5) is 0. The van der Waals surface area contributed by atoms with Crippen molar-refractivity contribution in [3.05, 3.63) is 65.8 Å². The molecule has 2 aromatic carbocycles. The van der Waals surface area contributed by atoms with Crippen LogP contribution in [0.25, 0.3) is 16.8 Å². The number of fused-ring (bicyclic) bond motifs is 1. The smallest absolute Gasteiger partial charge is 0.206 e.